The Kier molecular flexibility index (Phi) is 5.66. The van der Waals surface area contributed by atoms with Crippen LogP contribution in [0.3, 0.4) is 0 Å². The van der Waals surface area contributed by atoms with Crippen molar-refractivity contribution in [3.8, 4) is 0 Å². The molecule has 2 N–H and O–H groups in total. The van der Waals surface area contributed by atoms with Gasteiger partial charge in [0.1, 0.15) is 0 Å². The molecular formula is C18H21N3OS. The molecule has 1 amide bonds. The molecule has 1 saturated heterocycles. The van der Waals surface area contributed by atoms with E-state index in [0.29, 0.717) is 6.42 Å². The number of hydrogen-bond donors (Lipinski definition) is 2. The number of amides is 1. The zero-order valence-electron chi connectivity index (χ0n) is 12.9. The molecule has 2 atom stereocenters. The molecule has 1 aliphatic heterocycles. The number of benzene rings is 1. The fraction of sp³-hybridized carbons (Fsp3) is 0.333. The summed E-state index contributed by atoms with van der Waals surface area (Å²) in [7, 11) is 0. The van der Waals surface area contributed by atoms with Crippen molar-refractivity contribution in [3.63, 3.8) is 0 Å². The minimum absolute atomic E-state index is 0.0793. The smallest absolute Gasteiger partial charge is 0.222 e. The summed E-state index contributed by atoms with van der Waals surface area (Å²) in [5, 5.41) is 6.59. The average Bonchev–Trinajstić information content (AvgIpc) is 2.62. The molecule has 2 heterocycles. The molecule has 0 bridgehead atoms. The Balaban J connectivity index is 1.72. The van der Waals surface area contributed by atoms with E-state index in [4.69, 9.17) is 0 Å². The van der Waals surface area contributed by atoms with Crippen molar-refractivity contribution in [2.45, 2.75) is 18.5 Å². The van der Waals surface area contributed by atoms with E-state index >= 15 is 0 Å². The van der Waals surface area contributed by atoms with E-state index in [-0.39, 0.29) is 18.0 Å². The van der Waals surface area contributed by atoms with Gasteiger partial charge in [0.05, 0.1) is 6.04 Å². The first-order valence-corrected chi connectivity index (χ1v) is 9.04. The zero-order valence-corrected chi connectivity index (χ0v) is 13.8. The van der Waals surface area contributed by atoms with Gasteiger partial charge < -0.3 is 10.6 Å². The van der Waals surface area contributed by atoms with Crippen LogP contribution in [0.25, 0.3) is 0 Å². The summed E-state index contributed by atoms with van der Waals surface area (Å²) >= 11 is 1.91. The first-order valence-electron chi connectivity index (χ1n) is 7.88. The van der Waals surface area contributed by atoms with Gasteiger partial charge in [-0.3, -0.25) is 9.78 Å². The monoisotopic (exact) mass is 327 g/mol. The quantitative estimate of drug-likeness (QED) is 0.885. The van der Waals surface area contributed by atoms with E-state index in [2.05, 4.69) is 15.6 Å². The summed E-state index contributed by atoms with van der Waals surface area (Å²) in [6.45, 7) is 0.981. The number of pyridine rings is 1. The lowest BCUT2D eigenvalue weighted by molar-refractivity contribution is -0.122. The molecule has 3 rings (SSSR count). The molecule has 1 fully saturated rings. The maximum Gasteiger partial charge on any atom is 0.222 e. The standard InChI is InChI=1S/C18H21N3OS/c22-17(12-16-13-23-11-10-20-16)21-18(14-4-2-1-3-5-14)15-6-8-19-9-7-15/h1-9,16,18,20H,10-13H2,(H,21,22). The molecule has 1 aliphatic rings. The summed E-state index contributed by atoms with van der Waals surface area (Å²) in [5.41, 5.74) is 2.13. The lowest BCUT2D eigenvalue weighted by atomic mass is 9.99. The Labute approximate surface area is 141 Å². The van der Waals surface area contributed by atoms with E-state index in [1.54, 1.807) is 12.4 Å². The largest absolute Gasteiger partial charge is 0.345 e. The Morgan fingerprint density at radius 3 is 2.65 bits per heavy atom. The first kappa shape index (κ1) is 16.0. The Morgan fingerprint density at radius 1 is 1.22 bits per heavy atom. The Hall–Kier alpha value is -1.85. The van der Waals surface area contributed by atoms with Crippen molar-refractivity contribution in [3.05, 3.63) is 66.0 Å². The average molecular weight is 327 g/mol. The van der Waals surface area contributed by atoms with Crippen molar-refractivity contribution in [2.75, 3.05) is 18.1 Å². The molecule has 4 nitrogen and oxygen atoms in total. The van der Waals surface area contributed by atoms with E-state index in [0.717, 1.165) is 29.2 Å². The second-order valence-electron chi connectivity index (χ2n) is 5.62. The third-order valence-corrected chi connectivity index (χ3v) is 5.04. The van der Waals surface area contributed by atoms with Crippen molar-refractivity contribution in [1.29, 1.82) is 0 Å². The molecule has 0 saturated carbocycles. The molecule has 2 unspecified atom stereocenters. The highest BCUT2D eigenvalue weighted by Gasteiger charge is 2.20. The number of aromatic nitrogens is 1. The maximum atomic E-state index is 12.5. The summed E-state index contributed by atoms with van der Waals surface area (Å²) in [6, 6.07) is 14.1. The van der Waals surface area contributed by atoms with Crippen LogP contribution < -0.4 is 10.6 Å². The highest BCUT2D eigenvalue weighted by Crippen LogP contribution is 2.21. The van der Waals surface area contributed by atoms with Gasteiger partial charge in [-0.2, -0.15) is 11.8 Å². The van der Waals surface area contributed by atoms with E-state index in [1.165, 1.54) is 0 Å². The van der Waals surface area contributed by atoms with Gasteiger partial charge in [0.25, 0.3) is 0 Å². The van der Waals surface area contributed by atoms with Crippen LogP contribution in [0.5, 0.6) is 0 Å². The molecule has 1 aromatic carbocycles. The first-order chi connectivity index (χ1) is 11.3. The molecule has 0 radical (unpaired) electrons. The normalized spacial score (nSPS) is 19.0. The van der Waals surface area contributed by atoms with Gasteiger partial charge in [-0.05, 0) is 23.3 Å². The summed E-state index contributed by atoms with van der Waals surface area (Å²) in [6.07, 6.45) is 4.04. The van der Waals surface area contributed by atoms with Gasteiger partial charge in [-0.1, -0.05) is 30.3 Å². The van der Waals surface area contributed by atoms with Gasteiger partial charge in [0.15, 0.2) is 0 Å². The summed E-state index contributed by atoms with van der Waals surface area (Å²) < 4.78 is 0. The number of rotatable bonds is 5. The number of carbonyl (C=O) groups is 1. The van der Waals surface area contributed by atoms with Crippen LogP contribution in [0.1, 0.15) is 23.6 Å². The fourth-order valence-electron chi connectivity index (χ4n) is 2.76. The second kappa shape index (κ2) is 8.13. The topological polar surface area (TPSA) is 54.0 Å². The zero-order chi connectivity index (χ0) is 15.9. The minimum atomic E-state index is -0.136. The number of nitrogens with zero attached hydrogens (tertiary/aromatic N) is 1. The van der Waals surface area contributed by atoms with Crippen molar-refractivity contribution >= 4 is 17.7 Å². The second-order valence-corrected chi connectivity index (χ2v) is 6.77. The molecule has 23 heavy (non-hydrogen) atoms. The highest BCUT2D eigenvalue weighted by atomic mass is 32.2. The minimum Gasteiger partial charge on any atom is -0.345 e. The molecular weight excluding hydrogens is 306 g/mol. The van der Waals surface area contributed by atoms with Crippen molar-refractivity contribution in [2.24, 2.45) is 0 Å². The van der Waals surface area contributed by atoms with Crippen LogP contribution in [0.2, 0.25) is 0 Å². The molecule has 1 aromatic heterocycles. The van der Waals surface area contributed by atoms with Crippen LogP contribution in [-0.2, 0) is 4.79 Å². The summed E-state index contributed by atoms with van der Waals surface area (Å²) in [4.78, 5) is 16.6. The van der Waals surface area contributed by atoms with Gasteiger partial charge in [0.2, 0.25) is 5.91 Å². The van der Waals surface area contributed by atoms with Crippen LogP contribution in [-0.4, -0.2) is 35.0 Å². The highest BCUT2D eigenvalue weighted by molar-refractivity contribution is 7.99. The third kappa shape index (κ3) is 4.56. The SMILES string of the molecule is O=C(CC1CSCCN1)NC(c1ccccc1)c1ccncc1. The van der Waals surface area contributed by atoms with Gasteiger partial charge in [-0.25, -0.2) is 0 Å². The molecule has 0 spiro atoms. The fourth-order valence-corrected chi connectivity index (χ4v) is 3.70. The number of nitrogens with one attached hydrogen (secondary N) is 2. The summed E-state index contributed by atoms with van der Waals surface area (Å²) in [5.74, 6) is 2.20. The predicted molar refractivity (Wildman–Crippen MR) is 94.4 cm³/mol. The molecule has 2 aromatic rings. The van der Waals surface area contributed by atoms with Crippen LogP contribution in [0.15, 0.2) is 54.9 Å². The van der Waals surface area contributed by atoms with Crippen LogP contribution in [0, 0.1) is 0 Å². The van der Waals surface area contributed by atoms with E-state index in [9.17, 15) is 4.79 Å². The maximum absolute atomic E-state index is 12.5. The van der Waals surface area contributed by atoms with E-state index < -0.39 is 0 Å². The van der Waals surface area contributed by atoms with Gasteiger partial charge >= 0.3 is 0 Å². The van der Waals surface area contributed by atoms with Crippen LogP contribution in [0.4, 0.5) is 0 Å². The number of hydrogen-bond acceptors (Lipinski definition) is 4. The lowest BCUT2D eigenvalue weighted by Gasteiger charge is -2.25. The van der Waals surface area contributed by atoms with Crippen molar-refractivity contribution < 1.29 is 4.79 Å². The molecule has 0 aliphatic carbocycles. The third-order valence-electron chi connectivity index (χ3n) is 3.91. The van der Waals surface area contributed by atoms with E-state index in [1.807, 2.05) is 54.2 Å². The van der Waals surface area contributed by atoms with Crippen LogP contribution >= 0.6 is 11.8 Å². The molecule has 120 valence electrons. The van der Waals surface area contributed by atoms with Crippen molar-refractivity contribution in [1.82, 2.24) is 15.6 Å². The Morgan fingerprint density at radius 2 is 1.96 bits per heavy atom. The van der Waals surface area contributed by atoms with Gasteiger partial charge in [0, 0.05) is 42.9 Å². The molecule has 5 heteroatoms. The number of carbonyl (C=O) groups excluding carboxylic acids is 1. The Bertz CT molecular complexity index is 575. The lowest BCUT2D eigenvalue weighted by Crippen LogP contribution is -2.42. The van der Waals surface area contributed by atoms with Gasteiger partial charge in [-0.15, -0.1) is 0 Å². The number of thioether (sulfide) groups is 1. The predicted octanol–water partition coefficient (Wildman–Crippen LogP) is 2.38.